The summed E-state index contributed by atoms with van der Waals surface area (Å²) in [6, 6.07) is 0.266. The third kappa shape index (κ3) is 4.01. The highest BCUT2D eigenvalue weighted by Gasteiger charge is 2.22. The van der Waals surface area contributed by atoms with Crippen molar-refractivity contribution in [1.82, 2.24) is 19.3 Å². The van der Waals surface area contributed by atoms with E-state index in [9.17, 15) is 8.78 Å². The molecule has 5 nitrogen and oxygen atoms in total. The number of halogens is 2. The van der Waals surface area contributed by atoms with E-state index in [1.54, 1.807) is 18.1 Å². The predicted octanol–water partition coefficient (Wildman–Crippen LogP) is 4.00. The standard InChI is InChI=1S/C15H19F2N5S2/c1-9-18-8-12(24-9)13-11(14(16)17)7-19-15(21-13)20-10-3-5-22(23-2)6-4-10/h7-8,10,14H,3-6H2,1-2H3,(H,19,20,21). The van der Waals surface area contributed by atoms with Gasteiger partial charge in [0.25, 0.3) is 6.43 Å². The molecule has 0 aliphatic carbocycles. The highest BCUT2D eigenvalue weighted by Crippen LogP contribution is 2.33. The molecule has 0 spiro atoms. The topological polar surface area (TPSA) is 53.9 Å². The summed E-state index contributed by atoms with van der Waals surface area (Å²) in [5.41, 5.74) is 0.121. The van der Waals surface area contributed by atoms with Gasteiger partial charge < -0.3 is 5.32 Å². The van der Waals surface area contributed by atoms with Crippen LogP contribution in [0.25, 0.3) is 10.6 Å². The fourth-order valence-electron chi connectivity index (χ4n) is 2.65. The van der Waals surface area contributed by atoms with Gasteiger partial charge in [0.05, 0.1) is 21.1 Å². The molecule has 1 aliphatic rings. The van der Waals surface area contributed by atoms with Gasteiger partial charge in [0.2, 0.25) is 5.95 Å². The van der Waals surface area contributed by atoms with Crippen LogP contribution in [0.15, 0.2) is 12.4 Å². The Bertz CT molecular complexity index is 686. The molecule has 2 aromatic rings. The average Bonchev–Trinajstić information content (AvgIpc) is 3.01. The van der Waals surface area contributed by atoms with Gasteiger partial charge in [-0.25, -0.2) is 23.7 Å². The largest absolute Gasteiger partial charge is 0.351 e. The summed E-state index contributed by atoms with van der Waals surface area (Å²) in [6.07, 6.45) is 4.24. The lowest BCUT2D eigenvalue weighted by atomic mass is 10.1. The first kappa shape index (κ1) is 17.5. The number of alkyl halides is 2. The third-order valence-electron chi connectivity index (χ3n) is 3.95. The van der Waals surface area contributed by atoms with Crippen LogP contribution in [-0.4, -0.2) is 44.6 Å². The van der Waals surface area contributed by atoms with Crippen LogP contribution in [0.4, 0.5) is 14.7 Å². The van der Waals surface area contributed by atoms with E-state index in [1.807, 2.05) is 6.92 Å². The normalized spacial score (nSPS) is 16.7. The van der Waals surface area contributed by atoms with Crippen molar-refractivity contribution < 1.29 is 8.78 Å². The van der Waals surface area contributed by atoms with Crippen molar-refractivity contribution in [1.29, 1.82) is 0 Å². The number of rotatable bonds is 5. The Hall–Kier alpha value is -1.32. The Kier molecular flexibility index (Phi) is 5.62. The van der Waals surface area contributed by atoms with Crippen LogP contribution in [0.3, 0.4) is 0 Å². The lowest BCUT2D eigenvalue weighted by molar-refractivity contribution is 0.151. The lowest BCUT2D eigenvalue weighted by Crippen LogP contribution is -2.35. The summed E-state index contributed by atoms with van der Waals surface area (Å²) in [7, 11) is 0. The maximum Gasteiger partial charge on any atom is 0.267 e. The van der Waals surface area contributed by atoms with Crippen LogP contribution >= 0.6 is 23.3 Å². The number of thiazole rings is 1. The summed E-state index contributed by atoms with van der Waals surface area (Å²) in [5.74, 6) is 0.406. The number of aromatic nitrogens is 3. The van der Waals surface area contributed by atoms with Gasteiger partial charge in [-0.3, -0.25) is 4.31 Å². The van der Waals surface area contributed by atoms with Crippen LogP contribution < -0.4 is 5.32 Å². The zero-order valence-corrected chi connectivity index (χ0v) is 15.1. The van der Waals surface area contributed by atoms with Gasteiger partial charge in [0.1, 0.15) is 0 Å². The number of piperidine rings is 1. The van der Waals surface area contributed by atoms with Gasteiger partial charge in [-0.2, -0.15) is 0 Å². The minimum Gasteiger partial charge on any atom is -0.351 e. The molecular formula is C15H19F2N5S2. The molecule has 1 saturated heterocycles. The van der Waals surface area contributed by atoms with Gasteiger partial charge in [-0.1, -0.05) is 11.9 Å². The number of hydrogen-bond donors (Lipinski definition) is 1. The second kappa shape index (κ2) is 7.71. The molecule has 0 aromatic carbocycles. The van der Waals surface area contributed by atoms with Gasteiger partial charge >= 0.3 is 0 Å². The fraction of sp³-hybridized carbons (Fsp3) is 0.533. The summed E-state index contributed by atoms with van der Waals surface area (Å²) < 4.78 is 28.8. The van der Waals surface area contributed by atoms with Crippen LogP contribution in [-0.2, 0) is 0 Å². The molecule has 3 rings (SSSR count). The monoisotopic (exact) mass is 371 g/mol. The number of nitrogens with zero attached hydrogens (tertiary/aromatic N) is 4. The van der Waals surface area contributed by atoms with Crippen LogP contribution in [0, 0.1) is 6.92 Å². The molecular weight excluding hydrogens is 352 g/mol. The fourth-order valence-corrected chi connectivity index (χ4v) is 4.02. The first-order chi connectivity index (χ1) is 11.6. The Balaban J connectivity index is 1.80. The van der Waals surface area contributed by atoms with Gasteiger partial charge in [0, 0.05) is 31.5 Å². The lowest BCUT2D eigenvalue weighted by Gasteiger charge is -2.30. The van der Waals surface area contributed by atoms with Crippen molar-refractivity contribution in [2.24, 2.45) is 0 Å². The minimum atomic E-state index is -2.61. The number of aryl methyl sites for hydroxylation is 1. The Morgan fingerprint density at radius 2 is 2.04 bits per heavy atom. The van der Waals surface area contributed by atoms with Crippen molar-refractivity contribution in [3.63, 3.8) is 0 Å². The maximum atomic E-state index is 13.3. The van der Waals surface area contributed by atoms with Crippen LogP contribution in [0.1, 0.15) is 29.8 Å². The average molecular weight is 371 g/mol. The molecule has 24 heavy (non-hydrogen) atoms. The second-order valence-electron chi connectivity index (χ2n) is 5.57. The van der Waals surface area contributed by atoms with Crippen molar-refractivity contribution >= 4 is 29.2 Å². The SMILES string of the molecule is CSN1CCC(Nc2ncc(C(F)F)c(-c3cnc(C)s3)n2)CC1. The van der Waals surface area contributed by atoms with E-state index in [0.717, 1.165) is 30.9 Å². The Morgan fingerprint density at radius 1 is 1.29 bits per heavy atom. The molecule has 0 saturated carbocycles. The predicted molar refractivity (Wildman–Crippen MR) is 94.6 cm³/mol. The summed E-state index contributed by atoms with van der Waals surface area (Å²) in [6.45, 7) is 3.83. The molecule has 2 aromatic heterocycles. The molecule has 1 fully saturated rings. The van der Waals surface area contributed by atoms with E-state index in [4.69, 9.17) is 0 Å². The number of nitrogens with one attached hydrogen (secondary N) is 1. The number of anilines is 1. The molecule has 3 heterocycles. The maximum absolute atomic E-state index is 13.3. The van der Waals surface area contributed by atoms with E-state index >= 15 is 0 Å². The number of hydrogen-bond acceptors (Lipinski definition) is 7. The van der Waals surface area contributed by atoms with Crippen molar-refractivity contribution in [3.8, 4) is 10.6 Å². The molecule has 130 valence electrons. The molecule has 0 bridgehead atoms. The van der Waals surface area contributed by atoms with Crippen molar-refractivity contribution in [2.75, 3.05) is 24.7 Å². The van der Waals surface area contributed by atoms with E-state index < -0.39 is 6.43 Å². The summed E-state index contributed by atoms with van der Waals surface area (Å²) >= 11 is 3.11. The Morgan fingerprint density at radius 3 is 2.62 bits per heavy atom. The summed E-state index contributed by atoms with van der Waals surface area (Å²) in [4.78, 5) is 13.2. The Labute approximate surface area is 148 Å². The zero-order chi connectivity index (χ0) is 17.1. The molecule has 9 heteroatoms. The minimum absolute atomic E-state index is 0.151. The molecule has 0 amide bonds. The molecule has 0 unspecified atom stereocenters. The second-order valence-corrected chi connectivity index (χ2v) is 7.69. The van der Waals surface area contributed by atoms with E-state index in [2.05, 4.69) is 30.8 Å². The molecule has 1 aliphatic heterocycles. The van der Waals surface area contributed by atoms with Gasteiger partial charge in [-0.15, -0.1) is 11.3 Å². The van der Waals surface area contributed by atoms with Crippen LogP contribution in [0.2, 0.25) is 0 Å². The van der Waals surface area contributed by atoms with Crippen molar-refractivity contribution in [2.45, 2.75) is 32.2 Å². The molecule has 0 radical (unpaired) electrons. The molecule has 1 N–H and O–H groups in total. The highest BCUT2D eigenvalue weighted by molar-refractivity contribution is 7.96. The first-order valence-electron chi connectivity index (χ1n) is 7.70. The smallest absolute Gasteiger partial charge is 0.267 e. The van der Waals surface area contributed by atoms with E-state index in [1.165, 1.54) is 17.5 Å². The van der Waals surface area contributed by atoms with Gasteiger partial charge in [-0.05, 0) is 26.0 Å². The quantitative estimate of drug-likeness (QED) is 0.802. The first-order valence-corrected chi connectivity index (χ1v) is 9.70. The van der Waals surface area contributed by atoms with E-state index in [-0.39, 0.29) is 17.3 Å². The molecule has 0 atom stereocenters. The third-order valence-corrected chi connectivity index (χ3v) is 5.75. The highest BCUT2D eigenvalue weighted by atomic mass is 32.2. The van der Waals surface area contributed by atoms with E-state index in [0.29, 0.717) is 10.8 Å². The summed E-state index contributed by atoms with van der Waals surface area (Å²) in [5, 5.41) is 4.11. The van der Waals surface area contributed by atoms with Crippen LogP contribution in [0.5, 0.6) is 0 Å². The van der Waals surface area contributed by atoms with Gasteiger partial charge in [0.15, 0.2) is 0 Å². The van der Waals surface area contributed by atoms with Crippen molar-refractivity contribution in [3.05, 3.63) is 23.0 Å². The zero-order valence-electron chi connectivity index (χ0n) is 13.5.